The predicted octanol–water partition coefficient (Wildman–Crippen LogP) is 3.92. The van der Waals surface area contributed by atoms with E-state index in [0.717, 1.165) is 12.0 Å². The summed E-state index contributed by atoms with van der Waals surface area (Å²) in [6.07, 6.45) is 3.55. The van der Waals surface area contributed by atoms with E-state index in [4.69, 9.17) is 14.2 Å². The number of carbonyl (C=O) groups is 2. The van der Waals surface area contributed by atoms with E-state index in [9.17, 15) is 9.59 Å². The minimum absolute atomic E-state index is 0.0890. The predicted molar refractivity (Wildman–Crippen MR) is 112 cm³/mol. The third kappa shape index (κ3) is 6.99. The Bertz CT molecular complexity index is 832. The number of benzene rings is 2. The first-order valence-corrected chi connectivity index (χ1v) is 9.49. The number of nitrogens with one attached hydrogen (secondary N) is 1. The lowest BCUT2D eigenvalue weighted by Gasteiger charge is -2.19. The Morgan fingerprint density at radius 3 is 2.41 bits per heavy atom. The van der Waals surface area contributed by atoms with Gasteiger partial charge >= 0.3 is 5.97 Å². The normalized spacial score (nSPS) is 11.7. The number of methoxy groups -OCH3 is 2. The second-order valence-electron chi connectivity index (χ2n) is 6.34. The van der Waals surface area contributed by atoms with E-state index in [1.807, 2.05) is 37.3 Å². The third-order valence-electron chi connectivity index (χ3n) is 4.21. The summed E-state index contributed by atoms with van der Waals surface area (Å²) in [5.74, 6) is 0.498. The van der Waals surface area contributed by atoms with Crippen molar-refractivity contribution in [2.24, 2.45) is 0 Å². The van der Waals surface area contributed by atoms with Crippen LogP contribution in [0.3, 0.4) is 0 Å². The molecule has 2 rings (SSSR count). The first-order chi connectivity index (χ1) is 14.1. The summed E-state index contributed by atoms with van der Waals surface area (Å²) in [5.41, 5.74) is 1.59. The molecule has 1 atom stereocenters. The maximum atomic E-state index is 12.4. The largest absolute Gasteiger partial charge is 0.493 e. The molecule has 6 heteroatoms. The lowest BCUT2D eigenvalue weighted by Crippen LogP contribution is -2.30. The van der Waals surface area contributed by atoms with Gasteiger partial charge in [-0.3, -0.25) is 4.79 Å². The summed E-state index contributed by atoms with van der Waals surface area (Å²) >= 11 is 0. The molecule has 1 unspecified atom stereocenters. The van der Waals surface area contributed by atoms with E-state index >= 15 is 0 Å². The summed E-state index contributed by atoms with van der Waals surface area (Å²) in [4.78, 5) is 24.3. The van der Waals surface area contributed by atoms with Gasteiger partial charge in [0.25, 0.3) is 0 Å². The lowest BCUT2D eigenvalue weighted by molar-refractivity contribution is -0.143. The minimum Gasteiger partial charge on any atom is -0.493 e. The van der Waals surface area contributed by atoms with Crippen LogP contribution in [0.1, 0.15) is 37.0 Å². The lowest BCUT2D eigenvalue weighted by atomic mass is 10.1. The molecule has 0 fully saturated rings. The first-order valence-electron chi connectivity index (χ1n) is 9.49. The van der Waals surface area contributed by atoms with Gasteiger partial charge in [-0.2, -0.15) is 0 Å². The van der Waals surface area contributed by atoms with Crippen molar-refractivity contribution in [3.63, 3.8) is 0 Å². The summed E-state index contributed by atoms with van der Waals surface area (Å²) in [5, 5.41) is 2.82. The highest BCUT2D eigenvalue weighted by atomic mass is 16.5. The number of carbonyl (C=O) groups excluding carboxylic acids is 2. The molecular formula is C23H27NO5. The molecule has 2 aromatic rings. The second-order valence-corrected chi connectivity index (χ2v) is 6.34. The molecular weight excluding hydrogens is 370 g/mol. The van der Waals surface area contributed by atoms with Gasteiger partial charge in [0.1, 0.15) is 6.10 Å². The molecule has 0 heterocycles. The Balaban J connectivity index is 2.17. The van der Waals surface area contributed by atoms with Crippen LogP contribution in [0.25, 0.3) is 6.08 Å². The van der Waals surface area contributed by atoms with Gasteiger partial charge in [-0.1, -0.05) is 43.3 Å². The topological polar surface area (TPSA) is 73.9 Å². The first kappa shape index (κ1) is 22.0. The van der Waals surface area contributed by atoms with Crippen molar-refractivity contribution in [2.45, 2.75) is 25.9 Å². The van der Waals surface area contributed by atoms with E-state index < -0.39 is 12.1 Å². The van der Waals surface area contributed by atoms with Crippen molar-refractivity contribution in [2.75, 3.05) is 20.8 Å². The van der Waals surface area contributed by atoms with Crippen LogP contribution in [-0.2, 0) is 14.3 Å². The Labute approximate surface area is 171 Å². The van der Waals surface area contributed by atoms with Gasteiger partial charge < -0.3 is 19.5 Å². The zero-order chi connectivity index (χ0) is 21.1. The Morgan fingerprint density at radius 1 is 1.03 bits per heavy atom. The molecule has 1 amide bonds. The summed E-state index contributed by atoms with van der Waals surface area (Å²) in [6.45, 7) is 2.10. The Hall–Kier alpha value is -3.28. The van der Waals surface area contributed by atoms with Gasteiger partial charge in [0.15, 0.2) is 11.5 Å². The maximum Gasteiger partial charge on any atom is 0.331 e. The van der Waals surface area contributed by atoms with Crippen LogP contribution in [0.15, 0.2) is 54.6 Å². The molecule has 0 saturated carbocycles. The smallest absolute Gasteiger partial charge is 0.331 e. The van der Waals surface area contributed by atoms with Crippen molar-refractivity contribution < 1.29 is 23.8 Å². The SMILES string of the molecule is CCCC(=O)NCC(OC(=O)C=Cc1ccccc1)c1ccc(OC)c(OC)c1. The van der Waals surface area contributed by atoms with Crippen LogP contribution in [0.4, 0.5) is 0 Å². The molecule has 1 N–H and O–H groups in total. The summed E-state index contributed by atoms with van der Waals surface area (Å²) < 4.78 is 16.2. The highest BCUT2D eigenvalue weighted by Gasteiger charge is 2.19. The van der Waals surface area contributed by atoms with Gasteiger partial charge in [0, 0.05) is 12.5 Å². The van der Waals surface area contributed by atoms with Crippen LogP contribution in [0.5, 0.6) is 11.5 Å². The Kier molecular flexibility index (Phi) is 8.76. The summed E-state index contributed by atoms with van der Waals surface area (Å²) in [7, 11) is 3.09. The number of amides is 1. The molecule has 0 aliphatic heterocycles. The fraction of sp³-hybridized carbons (Fsp3) is 0.304. The standard InChI is InChI=1S/C23H27NO5/c1-4-8-22(25)24-16-21(18-12-13-19(27-2)20(15-18)28-3)29-23(26)14-11-17-9-6-5-7-10-17/h5-7,9-15,21H,4,8,16H2,1-3H3,(H,24,25). The highest BCUT2D eigenvalue weighted by Crippen LogP contribution is 2.31. The van der Waals surface area contributed by atoms with Crippen LogP contribution in [-0.4, -0.2) is 32.6 Å². The molecule has 0 radical (unpaired) electrons. The molecule has 29 heavy (non-hydrogen) atoms. The van der Waals surface area contributed by atoms with E-state index in [2.05, 4.69) is 5.32 Å². The van der Waals surface area contributed by atoms with E-state index in [1.165, 1.54) is 13.2 Å². The van der Waals surface area contributed by atoms with Crippen LogP contribution >= 0.6 is 0 Å². The molecule has 0 aromatic heterocycles. The van der Waals surface area contributed by atoms with Gasteiger partial charge in [0.2, 0.25) is 5.91 Å². The van der Waals surface area contributed by atoms with Crippen LogP contribution in [0, 0.1) is 0 Å². The number of hydrogen-bond donors (Lipinski definition) is 1. The van der Waals surface area contributed by atoms with Crippen molar-refractivity contribution >= 4 is 18.0 Å². The fourth-order valence-corrected chi connectivity index (χ4v) is 2.71. The molecule has 0 bridgehead atoms. The number of ether oxygens (including phenoxy) is 3. The van der Waals surface area contributed by atoms with Gasteiger partial charge in [-0.25, -0.2) is 4.79 Å². The average molecular weight is 397 g/mol. The highest BCUT2D eigenvalue weighted by molar-refractivity contribution is 5.87. The summed E-state index contributed by atoms with van der Waals surface area (Å²) in [6, 6.07) is 14.7. The van der Waals surface area contributed by atoms with E-state index in [-0.39, 0.29) is 12.5 Å². The molecule has 6 nitrogen and oxygen atoms in total. The number of esters is 1. The average Bonchev–Trinajstić information content (AvgIpc) is 2.75. The van der Waals surface area contributed by atoms with Crippen molar-refractivity contribution in [1.82, 2.24) is 5.32 Å². The van der Waals surface area contributed by atoms with Crippen LogP contribution in [0.2, 0.25) is 0 Å². The van der Waals surface area contributed by atoms with E-state index in [1.54, 1.807) is 31.4 Å². The number of hydrogen-bond acceptors (Lipinski definition) is 5. The van der Waals surface area contributed by atoms with Gasteiger partial charge in [0.05, 0.1) is 20.8 Å². The van der Waals surface area contributed by atoms with Crippen LogP contribution < -0.4 is 14.8 Å². The maximum absolute atomic E-state index is 12.4. The van der Waals surface area contributed by atoms with Crippen molar-refractivity contribution in [1.29, 1.82) is 0 Å². The number of rotatable bonds is 10. The molecule has 0 aliphatic carbocycles. The minimum atomic E-state index is -0.663. The molecule has 0 saturated heterocycles. The second kappa shape index (κ2) is 11.5. The molecule has 0 aliphatic rings. The molecule has 154 valence electrons. The zero-order valence-corrected chi connectivity index (χ0v) is 17.0. The molecule has 2 aromatic carbocycles. The van der Waals surface area contributed by atoms with E-state index in [0.29, 0.717) is 23.5 Å². The van der Waals surface area contributed by atoms with Crippen molar-refractivity contribution in [3.8, 4) is 11.5 Å². The zero-order valence-electron chi connectivity index (χ0n) is 17.0. The van der Waals surface area contributed by atoms with Gasteiger partial charge in [-0.15, -0.1) is 0 Å². The monoisotopic (exact) mass is 397 g/mol. The fourth-order valence-electron chi connectivity index (χ4n) is 2.71. The van der Waals surface area contributed by atoms with Gasteiger partial charge in [-0.05, 0) is 35.8 Å². The van der Waals surface area contributed by atoms with Crippen molar-refractivity contribution in [3.05, 3.63) is 65.7 Å². The third-order valence-corrected chi connectivity index (χ3v) is 4.21. The quantitative estimate of drug-likeness (QED) is 0.486. The molecule has 0 spiro atoms. The Morgan fingerprint density at radius 2 is 1.76 bits per heavy atom.